The summed E-state index contributed by atoms with van der Waals surface area (Å²) in [5.41, 5.74) is 12.5. The molecule has 8 nitrogen and oxygen atoms in total. The summed E-state index contributed by atoms with van der Waals surface area (Å²) in [5.74, 6) is -0.590. The topological polar surface area (TPSA) is 105 Å². The molecule has 0 spiro atoms. The van der Waals surface area contributed by atoms with E-state index in [0.29, 0.717) is 12.8 Å². The molecule has 43 heavy (non-hydrogen) atoms. The van der Waals surface area contributed by atoms with Crippen LogP contribution in [0.15, 0.2) is 55.3 Å². The Morgan fingerprint density at radius 1 is 0.884 bits per heavy atom. The lowest BCUT2D eigenvalue weighted by Gasteiger charge is -2.25. The molecule has 6 rings (SSSR count). The van der Waals surface area contributed by atoms with Crippen LogP contribution in [0.4, 0.5) is 0 Å². The second-order valence-corrected chi connectivity index (χ2v) is 12.2. The maximum absolute atomic E-state index is 12.5. The Morgan fingerprint density at radius 2 is 1.63 bits per heavy atom. The van der Waals surface area contributed by atoms with Gasteiger partial charge in [0.25, 0.3) is 0 Å². The van der Waals surface area contributed by atoms with Gasteiger partial charge in [0.05, 0.1) is 23.2 Å². The number of carbonyl (C=O) groups is 2. The van der Waals surface area contributed by atoms with Gasteiger partial charge in [-0.3, -0.25) is 14.6 Å². The quantitative estimate of drug-likeness (QED) is 0.499. The molecule has 2 N–H and O–H groups in total. The molecule has 0 radical (unpaired) electrons. The average molecular weight is 583 g/mol. The van der Waals surface area contributed by atoms with E-state index in [1.807, 2.05) is 0 Å². The smallest absolute Gasteiger partial charge is 0.308 e. The number of allylic oxidation sites excluding steroid dienone is 4. The predicted molar refractivity (Wildman–Crippen MR) is 169 cm³/mol. The summed E-state index contributed by atoms with van der Waals surface area (Å²) >= 11 is 0. The maximum Gasteiger partial charge on any atom is 0.308 e. The number of ether oxygens (including phenoxy) is 2. The van der Waals surface area contributed by atoms with Crippen LogP contribution in [0.5, 0.6) is 0 Å². The number of cyclic esters (lactones) is 2. The fourth-order valence-corrected chi connectivity index (χ4v) is 7.37. The normalized spacial score (nSPS) is 28.8. The third kappa shape index (κ3) is 5.36. The van der Waals surface area contributed by atoms with E-state index >= 15 is 0 Å². The van der Waals surface area contributed by atoms with Crippen molar-refractivity contribution in [1.29, 1.82) is 0 Å². The molecule has 226 valence electrons. The van der Waals surface area contributed by atoms with Gasteiger partial charge in [0.15, 0.2) is 0 Å². The first kappa shape index (κ1) is 29.1. The van der Waals surface area contributed by atoms with Crippen LogP contribution in [0.1, 0.15) is 84.3 Å². The van der Waals surface area contributed by atoms with Crippen molar-refractivity contribution < 1.29 is 19.1 Å². The number of hydrogen-bond donors (Lipinski definition) is 2. The average Bonchev–Trinajstić information content (AvgIpc) is 3.63. The van der Waals surface area contributed by atoms with Crippen molar-refractivity contribution in [2.45, 2.75) is 98.6 Å². The van der Waals surface area contributed by atoms with Crippen LogP contribution in [-0.2, 0) is 25.5 Å². The molecule has 3 unspecified atom stereocenters. The van der Waals surface area contributed by atoms with E-state index in [4.69, 9.17) is 19.5 Å². The number of rotatable bonds is 2. The van der Waals surface area contributed by atoms with Gasteiger partial charge in [-0.05, 0) is 117 Å². The number of nitrogens with one attached hydrogen (secondary N) is 2. The fraction of sp³-hybridized carbons (Fsp3) is 0.486. The zero-order chi connectivity index (χ0) is 30.4. The van der Waals surface area contributed by atoms with E-state index in [2.05, 4.69) is 70.1 Å². The number of fused-ring (bicyclic) bond motifs is 4. The van der Waals surface area contributed by atoms with Crippen molar-refractivity contribution in [3.05, 3.63) is 67.2 Å². The van der Waals surface area contributed by atoms with E-state index < -0.39 is 0 Å². The third-order valence-corrected chi connectivity index (χ3v) is 9.93. The van der Waals surface area contributed by atoms with Gasteiger partial charge in [0, 0.05) is 41.2 Å². The summed E-state index contributed by atoms with van der Waals surface area (Å²) in [7, 11) is 0. The van der Waals surface area contributed by atoms with Gasteiger partial charge in [-0.25, -0.2) is 4.99 Å². The minimum Gasteiger partial charge on any atom is -0.428 e. The molecule has 8 heteroatoms. The lowest BCUT2D eigenvalue weighted by molar-refractivity contribution is -0.167. The summed E-state index contributed by atoms with van der Waals surface area (Å²) in [6.07, 6.45) is 10.8. The molecule has 0 aliphatic carbocycles. The van der Waals surface area contributed by atoms with Gasteiger partial charge in [-0.15, -0.1) is 0 Å². The van der Waals surface area contributed by atoms with Gasteiger partial charge in [0.2, 0.25) is 6.79 Å². The zero-order valence-electron chi connectivity index (χ0n) is 26.1. The number of aromatic nitrogens is 1. The van der Waals surface area contributed by atoms with Gasteiger partial charge >= 0.3 is 11.9 Å². The van der Waals surface area contributed by atoms with E-state index in [-0.39, 0.29) is 49.6 Å². The lowest BCUT2D eigenvalue weighted by Crippen LogP contribution is -2.33. The Bertz CT molecular complexity index is 1710. The first-order valence-corrected chi connectivity index (χ1v) is 15.7. The highest BCUT2D eigenvalue weighted by Crippen LogP contribution is 2.39. The number of H-pyrrole nitrogens is 1. The molecular weight excluding hydrogens is 540 g/mol. The Kier molecular flexibility index (Phi) is 7.88. The Morgan fingerprint density at radius 3 is 2.37 bits per heavy atom. The predicted octanol–water partition coefficient (Wildman–Crippen LogP) is 4.53. The van der Waals surface area contributed by atoms with Crippen molar-refractivity contribution >= 4 is 35.5 Å². The summed E-state index contributed by atoms with van der Waals surface area (Å²) in [4.78, 5) is 39.2. The van der Waals surface area contributed by atoms with Crippen LogP contribution in [0.25, 0.3) is 12.2 Å². The van der Waals surface area contributed by atoms with Crippen molar-refractivity contribution in [2.75, 3.05) is 6.79 Å². The minimum absolute atomic E-state index is 0.0713. The molecule has 0 aromatic carbocycles. The molecule has 3 atom stereocenters. The molecule has 1 fully saturated rings. The van der Waals surface area contributed by atoms with Crippen molar-refractivity contribution in [3.8, 4) is 0 Å². The fourth-order valence-electron chi connectivity index (χ4n) is 7.37. The van der Waals surface area contributed by atoms with Gasteiger partial charge in [-0.1, -0.05) is 13.8 Å². The summed E-state index contributed by atoms with van der Waals surface area (Å²) in [5, 5.41) is 5.97. The molecular formula is C35H42N4O4. The van der Waals surface area contributed by atoms with Crippen LogP contribution in [0, 0.1) is 12.8 Å². The van der Waals surface area contributed by atoms with Crippen molar-refractivity contribution in [1.82, 2.24) is 10.3 Å². The third-order valence-electron chi connectivity index (χ3n) is 9.93. The number of aliphatic imine (C=N–C) groups is 2. The number of esters is 2. The molecule has 0 amide bonds. The van der Waals surface area contributed by atoms with Crippen molar-refractivity contribution in [2.24, 2.45) is 15.9 Å². The molecule has 5 aliphatic heterocycles. The van der Waals surface area contributed by atoms with Crippen molar-refractivity contribution in [3.63, 3.8) is 0 Å². The van der Waals surface area contributed by atoms with Crippen LogP contribution in [-0.4, -0.2) is 47.2 Å². The Labute approximate surface area is 253 Å². The van der Waals surface area contributed by atoms with Gasteiger partial charge < -0.3 is 19.8 Å². The molecule has 1 aromatic heterocycles. The largest absolute Gasteiger partial charge is 0.428 e. The van der Waals surface area contributed by atoms with E-state index in [1.165, 1.54) is 33.4 Å². The molecule has 0 saturated carbocycles. The summed E-state index contributed by atoms with van der Waals surface area (Å²) < 4.78 is 10.5. The number of nitrogens with zero attached hydrogens (tertiary/aromatic N) is 2. The molecule has 1 aromatic rings. The molecule has 8 bridgehead atoms. The standard InChI is InChI=1S/C35H42N4O4/c1-7-22-18(3)26-13-27-20(5)24-9-11-34(40)42-17-43-35(41)12-10-25-21(6)29(39-33(25)16-32(24)38-27)15-31-23(8-2)19(4)28(37-31)14-30(22)36-26/h13-15,25,32-33,36,39H,7-12,16-17H2,1-6H3/b26-13+,30-14+,31-15-. The van der Waals surface area contributed by atoms with Gasteiger partial charge in [-0.2, -0.15) is 0 Å². The van der Waals surface area contributed by atoms with E-state index in [1.54, 1.807) is 0 Å². The van der Waals surface area contributed by atoms with Gasteiger partial charge in [0.1, 0.15) is 0 Å². The summed E-state index contributed by atoms with van der Waals surface area (Å²) in [6, 6.07) is 0.00785. The Balaban J connectivity index is 1.56. The molecule has 1 saturated heterocycles. The summed E-state index contributed by atoms with van der Waals surface area (Å²) in [6.45, 7) is 12.7. The van der Waals surface area contributed by atoms with Crippen LogP contribution < -0.4 is 16.0 Å². The maximum atomic E-state index is 12.5. The first-order valence-electron chi connectivity index (χ1n) is 15.7. The second-order valence-electron chi connectivity index (χ2n) is 12.2. The number of aromatic amines is 1. The highest BCUT2D eigenvalue weighted by atomic mass is 16.7. The second kappa shape index (κ2) is 11.6. The number of hydrogen-bond acceptors (Lipinski definition) is 7. The monoisotopic (exact) mass is 582 g/mol. The highest BCUT2D eigenvalue weighted by Gasteiger charge is 2.37. The van der Waals surface area contributed by atoms with Crippen LogP contribution in [0.2, 0.25) is 0 Å². The molecule has 6 heterocycles. The number of carbonyl (C=O) groups excluding carboxylic acids is 2. The first-order chi connectivity index (χ1) is 20.7. The van der Waals surface area contributed by atoms with Crippen LogP contribution in [0.3, 0.4) is 0 Å². The zero-order valence-corrected chi connectivity index (χ0v) is 26.1. The Hall–Kier alpha value is -3.94. The SMILES string of the molecule is CCC1=C(C)C2=NC/1=C\C1=C(C)C3CCC(=O)OCOC(=O)CCC4=C(C)C(=NC4CC3N1)/C=c1/[nH]/c(c(CC)c1C)=C/2. The van der Waals surface area contributed by atoms with Crippen LogP contribution >= 0.6 is 0 Å². The van der Waals surface area contributed by atoms with E-state index in [0.717, 1.165) is 58.4 Å². The lowest BCUT2D eigenvalue weighted by atomic mass is 9.85. The minimum atomic E-state index is -0.373. The molecule has 5 aliphatic rings. The highest BCUT2D eigenvalue weighted by molar-refractivity contribution is 6.23. The van der Waals surface area contributed by atoms with E-state index in [9.17, 15) is 9.59 Å².